The van der Waals surface area contributed by atoms with Gasteiger partial charge in [-0.3, -0.25) is 4.79 Å². The van der Waals surface area contributed by atoms with E-state index in [-0.39, 0.29) is 11.9 Å². The molecule has 1 aromatic rings. The van der Waals surface area contributed by atoms with Crippen molar-refractivity contribution in [1.29, 1.82) is 0 Å². The average molecular weight is 236 g/mol. The van der Waals surface area contributed by atoms with Gasteiger partial charge < -0.3 is 14.2 Å². The van der Waals surface area contributed by atoms with E-state index in [1.54, 1.807) is 20.3 Å². The minimum Gasteiger partial charge on any atom is -0.493 e. The van der Waals surface area contributed by atoms with Crippen LogP contribution in [-0.2, 0) is 4.79 Å². The molecule has 0 saturated heterocycles. The second kappa shape index (κ2) is 4.65. The van der Waals surface area contributed by atoms with Crippen molar-refractivity contribution in [2.24, 2.45) is 5.92 Å². The molecule has 0 spiro atoms. The van der Waals surface area contributed by atoms with Gasteiger partial charge in [0.2, 0.25) is 5.75 Å². The minimum absolute atomic E-state index is 0.0462. The molecule has 0 unspecified atom stereocenters. The van der Waals surface area contributed by atoms with Crippen LogP contribution in [-0.4, -0.2) is 20.2 Å². The Hall–Kier alpha value is -1.71. The molecule has 0 N–H and O–H groups in total. The lowest BCUT2D eigenvalue weighted by Crippen LogP contribution is -2.11. The molecule has 0 heterocycles. The van der Waals surface area contributed by atoms with Crippen LogP contribution in [0.5, 0.6) is 17.2 Å². The molecule has 1 aromatic carbocycles. The molecule has 92 valence electrons. The quantitative estimate of drug-likeness (QED) is 0.594. The Kier molecular flexibility index (Phi) is 3.22. The Bertz CT molecular complexity index is 435. The third kappa shape index (κ3) is 2.35. The van der Waals surface area contributed by atoms with Gasteiger partial charge in [0.1, 0.15) is 0 Å². The maximum Gasteiger partial charge on any atom is 0.314 e. The van der Waals surface area contributed by atoms with E-state index in [0.29, 0.717) is 17.2 Å². The molecule has 17 heavy (non-hydrogen) atoms. The number of carbonyl (C=O) groups is 1. The maximum atomic E-state index is 11.7. The summed E-state index contributed by atoms with van der Waals surface area (Å²) in [6.07, 6.45) is 1.82. The van der Waals surface area contributed by atoms with Crippen molar-refractivity contribution in [2.45, 2.75) is 19.8 Å². The fourth-order valence-corrected chi connectivity index (χ4v) is 1.66. The average Bonchev–Trinajstić information content (AvgIpc) is 3.13. The molecule has 0 atom stereocenters. The normalized spacial score (nSPS) is 14.3. The van der Waals surface area contributed by atoms with Crippen LogP contribution in [0.15, 0.2) is 12.1 Å². The smallest absolute Gasteiger partial charge is 0.314 e. The summed E-state index contributed by atoms with van der Waals surface area (Å²) in [6, 6.07) is 3.64. The number of ether oxygens (including phenoxy) is 3. The van der Waals surface area contributed by atoms with E-state index >= 15 is 0 Å². The van der Waals surface area contributed by atoms with Gasteiger partial charge in [0, 0.05) is 0 Å². The fraction of sp³-hybridized carbons (Fsp3) is 0.462. The molecule has 2 rings (SSSR count). The van der Waals surface area contributed by atoms with E-state index in [0.717, 1.165) is 18.4 Å². The molecule has 1 fully saturated rings. The third-order valence-electron chi connectivity index (χ3n) is 2.81. The van der Waals surface area contributed by atoms with Gasteiger partial charge in [-0.2, -0.15) is 0 Å². The minimum atomic E-state index is -0.202. The van der Waals surface area contributed by atoms with Crippen LogP contribution in [0.2, 0.25) is 0 Å². The fourth-order valence-electron chi connectivity index (χ4n) is 1.66. The van der Waals surface area contributed by atoms with E-state index < -0.39 is 0 Å². The van der Waals surface area contributed by atoms with Gasteiger partial charge in [-0.15, -0.1) is 0 Å². The van der Waals surface area contributed by atoms with Gasteiger partial charge >= 0.3 is 5.97 Å². The number of esters is 1. The number of carbonyl (C=O) groups excluding carboxylic acids is 1. The first-order valence-corrected chi connectivity index (χ1v) is 5.60. The summed E-state index contributed by atoms with van der Waals surface area (Å²) >= 11 is 0. The standard InChI is InChI=1S/C13H16O4/c1-8-4-7-10(15-2)12(11(8)16-3)17-13(14)9-5-6-9/h4,7,9H,5-6H2,1-3H3. The predicted octanol–water partition coefficient (Wildman–Crippen LogP) is 2.33. The van der Waals surface area contributed by atoms with Crippen molar-refractivity contribution < 1.29 is 19.0 Å². The Morgan fingerprint density at radius 3 is 2.41 bits per heavy atom. The Labute approximate surface area is 100 Å². The largest absolute Gasteiger partial charge is 0.493 e. The van der Waals surface area contributed by atoms with E-state index in [1.807, 2.05) is 13.0 Å². The SMILES string of the molecule is COc1ccc(C)c(OC)c1OC(=O)C1CC1. The van der Waals surface area contributed by atoms with Gasteiger partial charge in [-0.1, -0.05) is 6.07 Å². The van der Waals surface area contributed by atoms with Crippen LogP contribution in [0.1, 0.15) is 18.4 Å². The molecule has 0 amide bonds. The summed E-state index contributed by atoms with van der Waals surface area (Å²) in [7, 11) is 3.09. The second-order valence-corrected chi connectivity index (χ2v) is 4.14. The molecule has 0 aromatic heterocycles. The first-order valence-electron chi connectivity index (χ1n) is 5.60. The van der Waals surface area contributed by atoms with Gasteiger partial charge in [0.25, 0.3) is 0 Å². The molecule has 1 aliphatic carbocycles. The van der Waals surface area contributed by atoms with Crippen LogP contribution in [0.4, 0.5) is 0 Å². The van der Waals surface area contributed by atoms with E-state index in [9.17, 15) is 4.79 Å². The van der Waals surface area contributed by atoms with Crippen molar-refractivity contribution in [3.63, 3.8) is 0 Å². The summed E-state index contributed by atoms with van der Waals surface area (Å²) in [5, 5.41) is 0. The Morgan fingerprint density at radius 1 is 1.18 bits per heavy atom. The molecule has 0 radical (unpaired) electrons. The zero-order valence-electron chi connectivity index (χ0n) is 10.3. The van der Waals surface area contributed by atoms with Crippen molar-refractivity contribution in [3.8, 4) is 17.2 Å². The third-order valence-corrected chi connectivity index (χ3v) is 2.81. The topological polar surface area (TPSA) is 44.8 Å². The van der Waals surface area contributed by atoms with Crippen molar-refractivity contribution in [3.05, 3.63) is 17.7 Å². The summed E-state index contributed by atoms with van der Waals surface area (Å²) in [4.78, 5) is 11.7. The Morgan fingerprint density at radius 2 is 1.88 bits per heavy atom. The highest BCUT2D eigenvalue weighted by Gasteiger charge is 2.33. The van der Waals surface area contributed by atoms with Gasteiger partial charge in [-0.05, 0) is 31.4 Å². The van der Waals surface area contributed by atoms with E-state index in [2.05, 4.69) is 0 Å². The summed E-state index contributed by atoms with van der Waals surface area (Å²) < 4.78 is 15.8. The zero-order valence-corrected chi connectivity index (χ0v) is 10.3. The lowest BCUT2D eigenvalue weighted by molar-refractivity contribution is -0.136. The highest BCUT2D eigenvalue weighted by atomic mass is 16.6. The summed E-state index contributed by atoms with van der Waals surface area (Å²) in [5.74, 6) is 1.30. The van der Waals surface area contributed by atoms with Gasteiger partial charge in [0.05, 0.1) is 20.1 Å². The molecule has 4 heteroatoms. The predicted molar refractivity (Wildman–Crippen MR) is 62.6 cm³/mol. The number of hydrogen-bond acceptors (Lipinski definition) is 4. The summed E-state index contributed by atoms with van der Waals surface area (Å²) in [5.41, 5.74) is 0.909. The van der Waals surface area contributed by atoms with Crippen molar-refractivity contribution in [1.82, 2.24) is 0 Å². The number of aryl methyl sites for hydroxylation is 1. The van der Waals surface area contributed by atoms with Crippen LogP contribution < -0.4 is 14.2 Å². The van der Waals surface area contributed by atoms with Gasteiger partial charge in [0.15, 0.2) is 11.5 Å². The van der Waals surface area contributed by atoms with Crippen LogP contribution >= 0.6 is 0 Å². The van der Waals surface area contributed by atoms with E-state index in [4.69, 9.17) is 14.2 Å². The molecule has 0 aliphatic heterocycles. The van der Waals surface area contributed by atoms with Crippen molar-refractivity contribution in [2.75, 3.05) is 14.2 Å². The number of hydrogen-bond donors (Lipinski definition) is 0. The number of benzene rings is 1. The highest BCUT2D eigenvalue weighted by Crippen LogP contribution is 2.41. The lowest BCUT2D eigenvalue weighted by Gasteiger charge is -2.14. The first-order chi connectivity index (χ1) is 8.17. The zero-order chi connectivity index (χ0) is 12.4. The van der Waals surface area contributed by atoms with E-state index in [1.165, 1.54) is 0 Å². The monoisotopic (exact) mass is 236 g/mol. The molecular formula is C13H16O4. The first kappa shape index (κ1) is 11.8. The molecule has 1 saturated carbocycles. The molecular weight excluding hydrogens is 220 g/mol. The van der Waals surface area contributed by atoms with Crippen molar-refractivity contribution >= 4 is 5.97 Å². The van der Waals surface area contributed by atoms with Crippen LogP contribution in [0.25, 0.3) is 0 Å². The number of methoxy groups -OCH3 is 2. The number of rotatable bonds is 4. The Balaban J connectivity index is 2.33. The van der Waals surface area contributed by atoms with Crippen LogP contribution in [0, 0.1) is 12.8 Å². The van der Waals surface area contributed by atoms with Gasteiger partial charge in [-0.25, -0.2) is 0 Å². The second-order valence-electron chi connectivity index (χ2n) is 4.14. The molecule has 0 bridgehead atoms. The molecule has 1 aliphatic rings. The molecule has 4 nitrogen and oxygen atoms in total. The summed E-state index contributed by atoms with van der Waals surface area (Å²) in [6.45, 7) is 1.90. The van der Waals surface area contributed by atoms with Crippen LogP contribution in [0.3, 0.4) is 0 Å². The highest BCUT2D eigenvalue weighted by molar-refractivity contribution is 5.79. The maximum absolute atomic E-state index is 11.7. The lowest BCUT2D eigenvalue weighted by atomic mass is 10.2.